The fourth-order valence-electron chi connectivity index (χ4n) is 3.52. The maximum Gasteiger partial charge on any atom is 0.274 e. The Hall–Kier alpha value is -2.58. The summed E-state index contributed by atoms with van der Waals surface area (Å²) in [7, 11) is 0. The van der Waals surface area contributed by atoms with Crippen LogP contribution in [-0.4, -0.2) is 44.9 Å². The molecule has 156 valence electrons. The summed E-state index contributed by atoms with van der Waals surface area (Å²) in [6.45, 7) is 3.23. The predicted octanol–water partition coefficient (Wildman–Crippen LogP) is 4.67. The Labute approximate surface area is 183 Å². The normalized spacial score (nSPS) is 16.1. The average molecular weight is 446 g/mol. The van der Waals surface area contributed by atoms with Gasteiger partial charge in [-0.1, -0.05) is 30.7 Å². The van der Waals surface area contributed by atoms with Gasteiger partial charge < -0.3 is 10.2 Å². The summed E-state index contributed by atoms with van der Waals surface area (Å²) in [5.41, 5.74) is 1.25. The standard InChI is InChI=1S/C21H21ClFN5OS/c1-2-17-27-18(19(30-17)13-5-7-15(23)8-6-13)20(29)28-9-3-4-16(28)12-26-21-24-10-14(22)11-25-21/h5-8,10-11,16H,2-4,9,12H2,1H3,(H,24,25,26). The van der Waals surface area contributed by atoms with E-state index in [9.17, 15) is 9.18 Å². The van der Waals surface area contributed by atoms with E-state index in [4.69, 9.17) is 11.6 Å². The van der Waals surface area contributed by atoms with Gasteiger partial charge in [0, 0.05) is 19.1 Å². The lowest BCUT2D eigenvalue weighted by atomic mass is 10.1. The van der Waals surface area contributed by atoms with Crippen molar-refractivity contribution < 1.29 is 9.18 Å². The van der Waals surface area contributed by atoms with Gasteiger partial charge in [0.2, 0.25) is 5.95 Å². The number of carbonyl (C=O) groups is 1. The molecule has 9 heteroatoms. The van der Waals surface area contributed by atoms with Crippen molar-refractivity contribution in [2.45, 2.75) is 32.2 Å². The zero-order valence-electron chi connectivity index (χ0n) is 16.4. The van der Waals surface area contributed by atoms with Crippen molar-refractivity contribution in [3.05, 3.63) is 58.2 Å². The number of likely N-dealkylation sites (tertiary alicyclic amines) is 1. The molecule has 0 spiro atoms. The first-order chi connectivity index (χ1) is 14.5. The second-order valence-electron chi connectivity index (χ2n) is 7.05. The Kier molecular flexibility index (Phi) is 6.24. The molecule has 1 aliphatic heterocycles. The zero-order chi connectivity index (χ0) is 21.1. The molecule has 3 aromatic rings. The van der Waals surface area contributed by atoms with E-state index < -0.39 is 0 Å². The van der Waals surface area contributed by atoms with E-state index in [1.54, 1.807) is 12.1 Å². The molecule has 2 aromatic heterocycles. The molecule has 1 atom stereocenters. The molecule has 1 N–H and O–H groups in total. The second-order valence-corrected chi connectivity index (χ2v) is 8.57. The number of amides is 1. The molecule has 1 amide bonds. The van der Waals surface area contributed by atoms with Crippen molar-refractivity contribution in [1.82, 2.24) is 19.9 Å². The first-order valence-corrected chi connectivity index (χ1v) is 11.0. The number of thiazole rings is 1. The van der Waals surface area contributed by atoms with Crippen LogP contribution in [0.15, 0.2) is 36.7 Å². The van der Waals surface area contributed by atoms with Crippen LogP contribution in [0.2, 0.25) is 5.02 Å². The number of halogens is 2. The molecule has 0 bridgehead atoms. The van der Waals surface area contributed by atoms with Crippen molar-refractivity contribution in [3.63, 3.8) is 0 Å². The minimum absolute atomic E-state index is 0.0182. The second kappa shape index (κ2) is 9.06. The summed E-state index contributed by atoms with van der Waals surface area (Å²) in [4.78, 5) is 29.0. The highest BCUT2D eigenvalue weighted by Crippen LogP contribution is 2.33. The van der Waals surface area contributed by atoms with Gasteiger partial charge in [-0.05, 0) is 37.0 Å². The van der Waals surface area contributed by atoms with E-state index in [1.807, 2.05) is 11.8 Å². The van der Waals surface area contributed by atoms with Gasteiger partial charge in [0.05, 0.1) is 27.3 Å². The molecule has 0 aliphatic carbocycles. The number of rotatable bonds is 6. The number of aromatic nitrogens is 3. The molecule has 1 aromatic carbocycles. The molecule has 0 saturated carbocycles. The van der Waals surface area contributed by atoms with Crippen LogP contribution in [0.4, 0.5) is 10.3 Å². The highest BCUT2D eigenvalue weighted by molar-refractivity contribution is 7.15. The maximum atomic E-state index is 13.4. The number of nitrogens with one attached hydrogen (secondary N) is 1. The third-order valence-corrected chi connectivity index (χ3v) is 6.48. The fraction of sp³-hybridized carbons (Fsp3) is 0.333. The first kappa shape index (κ1) is 20.7. The van der Waals surface area contributed by atoms with Gasteiger partial charge in [0.1, 0.15) is 11.5 Å². The highest BCUT2D eigenvalue weighted by atomic mass is 35.5. The number of hydrogen-bond acceptors (Lipinski definition) is 6. The van der Waals surface area contributed by atoms with Gasteiger partial charge in [-0.15, -0.1) is 11.3 Å². The number of aryl methyl sites for hydroxylation is 1. The van der Waals surface area contributed by atoms with Crippen LogP contribution in [0.1, 0.15) is 35.3 Å². The van der Waals surface area contributed by atoms with Crippen LogP contribution >= 0.6 is 22.9 Å². The van der Waals surface area contributed by atoms with Crippen molar-refractivity contribution in [1.29, 1.82) is 0 Å². The molecule has 4 rings (SSSR count). The summed E-state index contributed by atoms with van der Waals surface area (Å²) >= 11 is 7.32. The first-order valence-electron chi connectivity index (χ1n) is 9.83. The Bertz CT molecular complexity index is 1020. The summed E-state index contributed by atoms with van der Waals surface area (Å²) in [6, 6.07) is 6.22. The summed E-state index contributed by atoms with van der Waals surface area (Å²) < 4.78 is 13.4. The minimum atomic E-state index is -0.304. The lowest BCUT2D eigenvalue weighted by Crippen LogP contribution is -2.40. The zero-order valence-corrected chi connectivity index (χ0v) is 18.0. The van der Waals surface area contributed by atoms with E-state index in [0.29, 0.717) is 29.8 Å². The molecule has 30 heavy (non-hydrogen) atoms. The smallest absolute Gasteiger partial charge is 0.274 e. The minimum Gasteiger partial charge on any atom is -0.352 e. The number of benzene rings is 1. The summed E-state index contributed by atoms with van der Waals surface area (Å²) in [5, 5.41) is 4.55. The molecule has 3 heterocycles. The van der Waals surface area contributed by atoms with Crippen LogP contribution < -0.4 is 5.32 Å². The van der Waals surface area contributed by atoms with Gasteiger partial charge in [0.15, 0.2) is 0 Å². The topological polar surface area (TPSA) is 71.0 Å². The lowest BCUT2D eigenvalue weighted by molar-refractivity contribution is 0.0739. The summed E-state index contributed by atoms with van der Waals surface area (Å²) in [5.74, 6) is 0.0844. The fourth-order valence-corrected chi connectivity index (χ4v) is 4.62. The number of anilines is 1. The van der Waals surface area contributed by atoms with Crippen molar-refractivity contribution >= 4 is 34.8 Å². The Balaban J connectivity index is 1.54. The SMILES string of the molecule is CCc1nc(C(=O)N2CCCC2CNc2ncc(Cl)cn2)c(-c2ccc(F)cc2)s1. The Morgan fingerprint density at radius 1 is 1.30 bits per heavy atom. The monoisotopic (exact) mass is 445 g/mol. The van der Waals surface area contributed by atoms with Gasteiger partial charge in [0.25, 0.3) is 5.91 Å². The molecule has 1 fully saturated rings. The number of hydrogen-bond donors (Lipinski definition) is 1. The van der Waals surface area contributed by atoms with Gasteiger partial charge in [-0.3, -0.25) is 4.79 Å². The van der Waals surface area contributed by atoms with Crippen LogP contribution in [0.5, 0.6) is 0 Å². The molecular formula is C21H21ClFN5OS. The highest BCUT2D eigenvalue weighted by Gasteiger charge is 2.32. The third kappa shape index (κ3) is 4.44. The predicted molar refractivity (Wildman–Crippen MR) is 116 cm³/mol. The molecule has 1 aliphatic rings. The summed E-state index contributed by atoms with van der Waals surface area (Å²) in [6.07, 6.45) is 5.63. The van der Waals surface area contributed by atoms with Crippen LogP contribution in [0, 0.1) is 5.82 Å². The van der Waals surface area contributed by atoms with Crippen LogP contribution in [0.25, 0.3) is 10.4 Å². The number of carbonyl (C=O) groups excluding carboxylic acids is 1. The van der Waals surface area contributed by atoms with Crippen molar-refractivity contribution in [3.8, 4) is 10.4 Å². The Morgan fingerprint density at radius 3 is 2.73 bits per heavy atom. The van der Waals surface area contributed by atoms with Crippen molar-refractivity contribution in [2.75, 3.05) is 18.4 Å². The molecular weight excluding hydrogens is 425 g/mol. The van der Waals surface area contributed by atoms with Crippen molar-refractivity contribution in [2.24, 2.45) is 0 Å². The maximum absolute atomic E-state index is 13.4. The van der Waals surface area contributed by atoms with Crippen LogP contribution in [-0.2, 0) is 6.42 Å². The largest absolute Gasteiger partial charge is 0.352 e. The van der Waals surface area contributed by atoms with Gasteiger partial charge in [-0.2, -0.15) is 0 Å². The lowest BCUT2D eigenvalue weighted by Gasteiger charge is -2.24. The van der Waals surface area contributed by atoms with E-state index in [0.717, 1.165) is 34.7 Å². The third-order valence-electron chi connectivity index (χ3n) is 5.04. The van der Waals surface area contributed by atoms with E-state index in [1.165, 1.54) is 35.9 Å². The van der Waals surface area contributed by atoms with Crippen LogP contribution in [0.3, 0.4) is 0 Å². The average Bonchev–Trinajstić information content (AvgIpc) is 3.40. The number of nitrogens with zero attached hydrogens (tertiary/aromatic N) is 4. The van der Waals surface area contributed by atoms with E-state index >= 15 is 0 Å². The molecule has 1 unspecified atom stereocenters. The molecule has 0 radical (unpaired) electrons. The molecule has 1 saturated heterocycles. The quantitative estimate of drug-likeness (QED) is 0.596. The Morgan fingerprint density at radius 2 is 2.03 bits per heavy atom. The van der Waals surface area contributed by atoms with E-state index in [2.05, 4.69) is 20.3 Å². The molecule has 6 nitrogen and oxygen atoms in total. The van der Waals surface area contributed by atoms with Gasteiger partial charge in [-0.25, -0.2) is 19.3 Å². The van der Waals surface area contributed by atoms with Gasteiger partial charge >= 0.3 is 0 Å². The van der Waals surface area contributed by atoms with E-state index in [-0.39, 0.29) is 17.8 Å².